The Morgan fingerprint density at radius 3 is 2.25 bits per heavy atom. The highest BCUT2D eigenvalue weighted by Crippen LogP contribution is 2.57. The molecule has 1 N–H and O–H groups in total. The van der Waals surface area contributed by atoms with Crippen molar-refractivity contribution < 1.29 is 19.4 Å². The van der Waals surface area contributed by atoms with Crippen LogP contribution in [0.4, 0.5) is 0 Å². The number of rotatable bonds is 7. The Morgan fingerprint density at radius 2 is 1.61 bits per heavy atom. The molecule has 3 atom stereocenters. The molecular formula is C32H28O4. The van der Waals surface area contributed by atoms with Crippen LogP contribution in [0.2, 0.25) is 0 Å². The molecular weight excluding hydrogens is 448 g/mol. The minimum Gasteiger partial charge on any atom is -0.491 e. The summed E-state index contributed by atoms with van der Waals surface area (Å²) >= 11 is 0. The number of aliphatic hydroxyl groups is 1. The predicted octanol–water partition coefficient (Wildman–Crippen LogP) is 5.45. The van der Waals surface area contributed by atoms with Crippen LogP contribution < -0.4 is 4.74 Å². The van der Waals surface area contributed by atoms with Gasteiger partial charge < -0.3 is 9.84 Å². The zero-order chi connectivity index (χ0) is 25.1. The van der Waals surface area contributed by atoms with E-state index >= 15 is 0 Å². The van der Waals surface area contributed by atoms with Crippen molar-refractivity contribution in [2.45, 2.75) is 17.8 Å². The minimum atomic E-state index is -1.09. The molecule has 0 spiro atoms. The monoisotopic (exact) mass is 476 g/mol. The maximum absolute atomic E-state index is 14.4. The number of aliphatic hydroxyl groups excluding tert-OH is 1. The average Bonchev–Trinajstić information content (AvgIpc) is 2.94. The number of benzene rings is 3. The normalized spacial score (nSPS) is 23.4. The smallest absolute Gasteiger partial charge is 0.168 e. The third-order valence-corrected chi connectivity index (χ3v) is 7.34. The molecule has 0 unspecified atom stereocenters. The molecule has 4 heteroatoms. The highest BCUT2D eigenvalue weighted by atomic mass is 16.5. The third kappa shape index (κ3) is 3.84. The molecule has 2 aliphatic carbocycles. The molecule has 3 aromatic rings. The van der Waals surface area contributed by atoms with E-state index in [0.29, 0.717) is 17.7 Å². The summed E-state index contributed by atoms with van der Waals surface area (Å²) in [5.41, 5.74) is 2.80. The lowest BCUT2D eigenvalue weighted by Crippen LogP contribution is -2.54. The van der Waals surface area contributed by atoms with Gasteiger partial charge in [-0.3, -0.25) is 9.59 Å². The Kier molecular flexibility index (Phi) is 6.53. The second-order valence-electron chi connectivity index (χ2n) is 9.16. The third-order valence-electron chi connectivity index (χ3n) is 7.34. The molecule has 0 aliphatic heterocycles. The molecule has 36 heavy (non-hydrogen) atoms. The van der Waals surface area contributed by atoms with E-state index in [4.69, 9.17) is 9.84 Å². The summed E-state index contributed by atoms with van der Waals surface area (Å²) in [6.07, 6.45) is 5.87. The molecule has 0 fully saturated rings. The Balaban J connectivity index is 1.72. The van der Waals surface area contributed by atoms with Crippen LogP contribution in [0.15, 0.2) is 115 Å². The fraction of sp³-hybridized carbons (Fsp3) is 0.188. The number of ether oxygens (including phenoxy) is 1. The second-order valence-corrected chi connectivity index (χ2v) is 9.16. The van der Waals surface area contributed by atoms with Crippen molar-refractivity contribution in [2.75, 3.05) is 13.2 Å². The Morgan fingerprint density at radius 1 is 0.944 bits per heavy atom. The van der Waals surface area contributed by atoms with Gasteiger partial charge in [-0.1, -0.05) is 91.5 Å². The van der Waals surface area contributed by atoms with E-state index in [0.717, 1.165) is 22.3 Å². The topological polar surface area (TPSA) is 63.6 Å². The highest BCUT2D eigenvalue weighted by molar-refractivity contribution is 6.31. The van der Waals surface area contributed by atoms with E-state index in [9.17, 15) is 9.59 Å². The van der Waals surface area contributed by atoms with Gasteiger partial charge in [-0.15, -0.1) is 0 Å². The minimum absolute atomic E-state index is 0.0167. The van der Waals surface area contributed by atoms with Crippen molar-refractivity contribution in [2.24, 2.45) is 5.92 Å². The number of allylic oxidation sites excluding steroid dienone is 5. The van der Waals surface area contributed by atoms with E-state index < -0.39 is 17.3 Å². The molecule has 2 aliphatic rings. The number of hydrogen-bond donors (Lipinski definition) is 1. The van der Waals surface area contributed by atoms with Crippen molar-refractivity contribution >= 4 is 17.1 Å². The number of Topliss-reactive ketones (excluding diaryl/α,β-unsaturated/α-hetero) is 1. The SMILES string of the molecule is C=CC1=CC[C@H]2C(=O)C(c3ccccc3)=CC(=O)[C@@]2(c2ccccc2)[C@H]1c1ccc(OCCO)cc1. The molecule has 0 saturated heterocycles. The molecule has 4 nitrogen and oxygen atoms in total. The van der Waals surface area contributed by atoms with Crippen molar-refractivity contribution in [3.05, 3.63) is 132 Å². The molecule has 5 rings (SSSR count). The molecule has 180 valence electrons. The second kappa shape index (κ2) is 9.92. The van der Waals surface area contributed by atoms with Crippen LogP contribution in [0.5, 0.6) is 5.75 Å². The fourth-order valence-electron chi connectivity index (χ4n) is 5.80. The van der Waals surface area contributed by atoms with E-state index in [2.05, 4.69) is 12.7 Å². The van der Waals surface area contributed by atoms with Gasteiger partial charge in [0.2, 0.25) is 0 Å². The summed E-state index contributed by atoms with van der Waals surface area (Å²) in [7, 11) is 0. The zero-order valence-electron chi connectivity index (χ0n) is 20.0. The maximum Gasteiger partial charge on any atom is 0.168 e. The summed E-state index contributed by atoms with van der Waals surface area (Å²) in [5, 5.41) is 9.08. The summed E-state index contributed by atoms with van der Waals surface area (Å²) in [6, 6.07) is 26.7. The Labute approximate surface area is 211 Å². The first kappa shape index (κ1) is 23.7. The lowest BCUT2D eigenvalue weighted by atomic mass is 9.50. The maximum atomic E-state index is 14.4. The zero-order valence-corrected chi connectivity index (χ0v) is 20.0. The van der Waals surface area contributed by atoms with Crippen LogP contribution in [-0.2, 0) is 15.0 Å². The summed E-state index contributed by atoms with van der Waals surface area (Å²) < 4.78 is 5.55. The van der Waals surface area contributed by atoms with Crippen LogP contribution in [0, 0.1) is 5.92 Å². The van der Waals surface area contributed by atoms with E-state index in [1.165, 1.54) is 0 Å². The number of fused-ring (bicyclic) bond motifs is 1. The van der Waals surface area contributed by atoms with Gasteiger partial charge in [0.15, 0.2) is 11.6 Å². The first-order valence-corrected chi connectivity index (χ1v) is 12.2. The van der Waals surface area contributed by atoms with Gasteiger partial charge in [0.1, 0.15) is 12.4 Å². The Hall–Kier alpha value is -4.02. The van der Waals surface area contributed by atoms with Crippen LogP contribution in [0.1, 0.15) is 29.0 Å². The highest BCUT2D eigenvalue weighted by Gasteiger charge is 2.59. The molecule has 0 saturated carbocycles. The lowest BCUT2D eigenvalue weighted by Gasteiger charge is -2.49. The van der Waals surface area contributed by atoms with Crippen LogP contribution in [-0.4, -0.2) is 29.9 Å². The Bertz CT molecular complexity index is 1340. The van der Waals surface area contributed by atoms with Crippen LogP contribution in [0.3, 0.4) is 0 Å². The van der Waals surface area contributed by atoms with Crippen molar-refractivity contribution in [3.8, 4) is 5.75 Å². The van der Waals surface area contributed by atoms with Crippen molar-refractivity contribution in [1.29, 1.82) is 0 Å². The van der Waals surface area contributed by atoms with Crippen LogP contribution in [0.25, 0.3) is 5.57 Å². The van der Waals surface area contributed by atoms with Crippen molar-refractivity contribution in [3.63, 3.8) is 0 Å². The molecule has 0 radical (unpaired) electrons. The lowest BCUT2D eigenvalue weighted by molar-refractivity contribution is -0.131. The summed E-state index contributed by atoms with van der Waals surface area (Å²) in [6.45, 7) is 4.19. The quantitative estimate of drug-likeness (QED) is 0.493. The predicted molar refractivity (Wildman–Crippen MR) is 141 cm³/mol. The van der Waals surface area contributed by atoms with Gasteiger partial charge in [-0.25, -0.2) is 0 Å². The summed E-state index contributed by atoms with van der Waals surface area (Å²) in [5.74, 6) is -0.401. The number of carbonyl (C=O) groups is 2. The summed E-state index contributed by atoms with van der Waals surface area (Å²) in [4.78, 5) is 28.5. The first-order chi connectivity index (χ1) is 17.6. The van der Waals surface area contributed by atoms with E-state index in [-0.39, 0.29) is 24.8 Å². The number of ketones is 2. The van der Waals surface area contributed by atoms with Crippen molar-refractivity contribution in [1.82, 2.24) is 0 Å². The van der Waals surface area contributed by atoms with Crippen LogP contribution >= 0.6 is 0 Å². The van der Waals surface area contributed by atoms with Gasteiger partial charge in [0.05, 0.1) is 12.0 Å². The molecule has 0 amide bonds. The standard InChI is InChI=1S/C32H28O4/c1-2-22-15-18-28-31(35)27(23-9-5-3-6-10-23)21-29(34)32(28,25-11-7-4-8-12-25)30(22)24-13-16-26(17-14-24)36-20-19-33/h2-17,21,28,30,33H,1,18-20H2/t28-,30+,32-/m0/s1. The van der Waals surface area contributed by atoms with E-state index in [1.807, 2.05) is 84.9 Å². The van der Waals surface area contributed by atoms with Gasteiger partial charge >= 0.3 is 0 Å². The van der Waals surface area contributed by atoms with Gasteiger partial charge in [-0.05, 0) is 46.9 Å². The number of carbonyl (C=O) groups excluding carboxylic acids is 2. The first-order valence-electron chi connectivity index (χ1n) is 12.2. The molecule has 0 bridgehead atoms. The molecule has 0 aromatic heterocycles. The molecule has 0 heterocycles. The van der Waals surface area contributed by atoms with Gasteiger partial charge in [-0.2, -0.15) is 0 Å². The number of hydrogen-bond acceptors (Lipinski definition) is 4. The average molecular weight is 477 g/mol. The fourth-order valence-corrected chi connectivity index (χ4v) is 5.80. The van der Waals surface area contributed by atoms with Gasteiger partial charge in [0.25, 0.3) is 0 Å². The van der Waals surface area contributed by atoms with Gasteiger partial charge in [0, 0.05) is 17.4 Å². The largest absolute Gasteiger partial charge is 0.491 e. The van der Waals surface area contributed by atoms with E-state index in [1.54, 1.807) is 12.2 Å². The molecule has 3 aromatic carbocycles.